The van der Waals surface area contributed by atoms with Crippen LogP contribution in [0.4, 0.5) is 5.82 Å². The maximum atomic E-state index is 5.84. The smallest absolute Gasteiger partial charge is 0.128 e. The summed E-state index contributed by atoms with van der Waals surface area (Å²) in [6.45, 7) is 5.46. The Bertz CT molecular complexity index is 435. The Morgan fingerprint density at radius 3 is 2.89 bits per heavy atom. The molecule has 0 atom stereocenters. The summed E-state index contributed by atoms with van der Waals surface area (Å²) in [5.41, 5.74) is 2.79. The van der Waals surface area contributed by atoms with Crippen LogP contribution in [0.25, 0.3) is 0 Å². The lowest BCUT2D eigenvalue weighted by Gasteiger charge is -2.23. The molecule has 1 saturated heterocycles. The lowest BCUT2D eigenvalue weighted by atomic mass is 10.2. The van der Waals surface area contributed by atoms with Gasteiger partial charge in [0.15, 0.2) is 0 Å². The van der Waals surface area contributed by atoms with Crippen LogP contribution in [-0.4, -0.2) is 48.5 Å². The van der Waals surface area contributed by atoms with E-state index < -0.39 is 0 Å². The number of anilines is 1. The number of alkyl halides is 1. The zero-order valence-corrected chi connectivity index (χ0v) is 12.2. The van der Waals surface area contributed by atoms with Gasteiger partial charge in [-0.25, -0.2) is 4.98 Å². The minimum absolute atomic E-state index is 0.733. The van der Waals surface area contributed by atoms with E-state index in [9.17, 15) is 0 Å². The summed E-state index contributed by atoms with van der Waals surface area (Å²) in [5.74, 6) is 1.91. The molecule has 0 aromatic carbocycles. The maximum Gasteiger partial charge on any atom is 0.128 e. The number of hydrogen-bond donors (Lipinski definition) is 0. The molecule has 104 valence electrons. The quantitative estimate of drug-likeness (QED) is 0.792. The van der Waals surface area contributed by atoms with Crippen molar-refractivity contribution in [1.82, 2.24) is 9.88 Å². The van der Waals surface area contributed by atoms with Crippen molar-refractivity contribution in [3.63, 3.8) is 0 Å². The van der Waals surface area contributed by atoms with Gasteiger partial charge in [0.1, 0.15) is 5.82 Å². The van der Waals surface area contributed by atoms with Gasteiger partial charge in [-0.1, -0.05) is 6.07 Å². The molecule has 4 heteroatoms. The number of aromatic nitrogens is 1. The zero-order valence-electron chi connectivity index (χ0n) is 11.4. The SMILES string of the molecule is ClCCN1CCCN(c2ccc3c(n2)CCC3)CC1. The normalized spacial score (nSPS) is 20.4. The fourth-order valence-corrected chi connectivity index (χ4v) is 3.37. The third-order valence-electron chi connectivity index (χ3n) is 4.23. The topological polar surface area (TPSA) is 19.4 Å². The first kappa shape index (κ1) is 13.2. The Morgan fingerprint density at radius 1 is 1.05 bits per heavy atom. The number of rotatable bonds is 3. The lowest BCUT2D eigenvalue weighted by molar-refractivity contribution is 0.311. The molecule has 0 amide bonds. The summed E-state index contributed by atoms with van der Waals surface area (Å²) < 4.78 is 0. The number of halogens is 1. The van der Waals surface area contributed by atoms with Crippen molar-refractivity contribution >= 4 is 17.4 Å². The minimum atomic E-state index is 0.733. The fourth-order valence-electron chi connectivity index (χ4n) is 3.13. The average molecular weight is 280 g/mol. The van der Waals surface area contributed by atoms with Crippen LogP contribution >= 0.6 is 11.6 Å². The molecule has 2 heterocycles. The van der Waals surface area contributed by atoms with Gasteiger partial charge in [0, 0.05) is 37.8 Å². The highest BCUT2D eigenvalue weighted by Gasteiger charge is 2.18. The molecular weight excluding hydrogens is 258 g/mol. The molecule has 1 aliphatic carbocycles. The summed E-state index contributed by atoms with van der Waals surface area (Å²) in [4.78, 5) is 9.77. The number of nitrogens with zero attached hydrogens (tertiary/aromatic N) is 3. The van der Waals surface area contributed by atoms with Gasteiger partial charge in [-0.2, -0.15) is 0 Å². The van der Waals surface area contributed by atoms with Gasteiger partial charge < -0.3 is 9.80 Å². The van der Waals surface area contributed by atoms with Gasteiger partial charge in [0.2, 0.25) is 0 Å². The average Bonchev–Trinajstić information content (AvgIpc) is 2.77. The first-order valence-corrected chi connectivity index (χ1v) is 7.92. The molecule has 0 radical (unpaired) electrons. The second kappa shape index (κ2) is 6.10. The molecule has 1 aromatic heterocycles. The van der Waals surface area contributed by atoms with E-state index in [1.54, 1.807) is 0 Å². The highest BCUT2D eigenvalue weighted by molar-refractivity contribution is 6.18. The Balaban J connectivity index is 1.68. The first-order valence-electron chi connectivity index (χ1n) is 7.39. The Kier molecular flexibility index (Phi) is 4.24. The van der Waals surface area contributed by atoms with Crippen LogP contribution in [0.5, 0.6) is 0 Å². The van der Waals surface area contributed by atoms with E-state index in [2.05, 4.69) is 21.9 Å². The van der Waals surface area contributed by atoms with E-state index in [1.165, 1.54) is 36.3 Å². The molecule has 1 aliphatic heterocycles. The van der Waals surface area contributed by atoms with E-state index in [4.69, 9.17) is 16.6 Å². The molecule has 2 aliphatic rings. The van der Waals surface area contributed by atoms with Gasteiger partial charge >= 0.3 is 0 Å². The van der Waals surface area contributed by atoms with E-state index in [0.29, 0.717) is 0 Å². The summed E-state index contributed by atoms with van der Waals surface area (Å²) >= 11 is 5.84. The second-order valence-corrected chi connectivity index (χ2v) is 5.88. The Hall–Kier alpha value is -0.800. The van der Waals surface area contributed by atoms with Gasteiger partial charge in [-0.3, -0.25) is 0 Å². The molecule has 19 heavy (non-hydrogen) atoms. The molecule has 0 spiro atoms. The summed E-state index contributed by atoms with van der Waals surface area (Å²) in [6.07, 6.45) is 4.85. The minimum Gasteiger partial charge on any atom is -0.355 e. The van der Waals surface area contributed by atoms with E-state index in [-0.39, 0.29) is 0 Å². The molecule has 0 saturated carbocycles. The van der Waals surface area contributed by atoms with Gasteiger partial charge in [0.25, 0.3) is 0 Å². The van der Waals surface area contributed by atoms with E-state index >= 15 is 0 Å². The molecule has 0 N–H and O–H groups in total. The predicted molar refractivity (Wildman–Crippen MR) is 80.3 cm³/mol. The van der Waals surface area contributed by atoms with Gasteiger partial charge in [0.05, 0.1) is 0 Å². The van der Waals surface area contributed by atoms with Crippen molar-refractivity contribution in [3.05, 3.63) is 23.4 Å². The third-order valence-corrected chi connectivity index (χ3v) is 4.40. The van der Waals surface area contributed by atoms with Crippen molar-refractivity contribution in [2.45, 2.75) is 25.7 Å². The van der Waals surface area contributed by atoms with Crippen molar-refractivity contribution in [1.29, 1.82) is 0 Å². The molecule has 1 fully saturated rings. The van der Waals surface area contributed by atoms with E-state index in [1.807, 2.05) is 0 Å². The standard InChI is InChI=1S/C15H22ClN3/c16-7-10-18-8-2-9-19(12-11-18)15-6-5-13-3-1-4-14(13)17-15/h5-6H,1-4,7-12H2. The number of pyridine rings is 1. The summed E-state index contributed by atoms with van der Waals surface area (Å²) in [5, 5.41) is 0. The van der Waals surface area contributed by atoms with Crippen LogP contribution < -0.4 is 4.90 Å². The molecule has 3 rings (SSSR count). The van der Waals surface area contributed by atoms with Crippen molar-refractivity contribution in [2.24, 2.45) is 0 Å². The molecule has 0 bridgehead atoms. The van der Waals surface area contributed by atoms with Crippen molar-refractivity contribution < 1.29 is 0 Å². The lowest BCUT2D eigenvalue weighted by Crippen LogP contribution is -2.32. The summed E-state index contributed by atoms with van der Waals surface area (Å²) in [7, 11) is 0. The largest absolute Gasteiger partial charge is 0.355 e. The molecule has 1 aromatic rings. The van der Waals surface area contributed by atoms with Crippen LogP contribution in [0.15, 0.2) is 12.1 Å². The van der Waals surface area contributed by atoms with Crippen LogP contribution in [0, 0.1) is 0 Å². The Labute approximate surface area is 120 Å². The van der Waals surface area contributed by atoms with Gasteiger partial charge in [-0.15, -0.1) is 11.6 Å². The molecular formula is C15H22ClN3. The van der Waals surface area contributed by atoms with E-state index in [0.717, 1.165) is 45.0 Å². The zero-order chi connectivity index (χ0) is 13.1. The number of aryl methyl sites for hydroxylation is 2. The van der Waals surface area contributed by atoms with Crippen LogP contribution in [0.3, 0.4) is 0 Å². The first-order chi connectivity index (χ1) is 9.36. The van der Waals surface area contributed by atoms with Crippen molar-refractivity contribution in [2.75, 3.05) is 43.5 Å². The Morgan fingerprint density at radius 2 is 2.00 bits per heavy atom. The fraction of sp³-hybridized carbons (Fsp3) is 0.667. The summed E-state index contributed by atoms with van der Waals surface area (Å²) in [6, 6.07) is 4.49. The highest BCUT2D eigenvalue weighted by atomic mass is 35.5. The predicted octanol–water partition coefficient (Wildman–Crippen LogP) is 2.32. The number of hydrogen-bond acceptors (Lipinski definition) is 3. The van der Waals surface area contributed by atoms with Crippen LogP contribution in [-0.2, 0) is 12.8 Å². The number of fused-ring (bicyclic) bond motifs is 1. The van der Waals surface area contributed by atoms with Gasteiger partial charge in [-0.05, 0) is 43.9 Å². The monoisotopic (exact) mass is 279 g/mol. The highest BCUT2D eigenvalue weighted by Crippen LogP contribution is 2.23. The maximum absolute atomic E-state index is 5.84. The second-order valence-electron chi connectivity index (χ2n) is 5.50. The van der Waals surface area contributed by atoms with Crippen LogP contribution in [0.2, 0.25) is 0 Å². The third kappa shape index (κ3) is 3.03. The van der Waals surface area contributed by atoms with Crippen LogP contribution in [0.1, 0.15) is 24.1 Å². The molecule has 0 unspecified atom stereocenters. The van der Waals surface area contributed by atoms with Crippen molar-refractivity contribution in [3.8, 4) is 0 Å². The molecule has 3 nitrogen and oxygen atoms in total.